The second kappa shape index (κ2) is 7.91. The Bertz CT molecular complexity index is 876. The summed E-state index contributed by atoms with van der Waals surface area (Å²) in [6.45, 7) is 0.996. The summed E-state index contributed by atoms with van der Waals surface area (Å²) in [4.78, 5) is 2.00. The van der Waals surface area contributed by atoms with Gasteiger partial charge in [-0.05, 0) is 24.6 Å². The summed E-state index contributed by atoms with van der Waals surface area (Å²) in [6, 6.07) is 7.73. The molecule has 0 spiro atoms. The number of halogens is 2. The Kier molecular flexibility index (Phi) is 5.78. The third-order valence-corrected chi connectivity index (χ3v) is 6.59. The van der Waals surface area contributed by atoms with E-state index in [2.05, 4.69) is 10.00 Å². The second-order valence-corrected chi connectivity index (χ2v) is 8.27. The van der Waals surface area contributed by atoms with E-state index in [-0.39, 0.29) is 10.6 Å². The lowest BCUT2D eigenvalue weighted by atomic mass is 10.2. The molecule has 0 amide bonds. The molecule has 0 atom stereocenters. The fourth-order valence-corrected chi connectivity index (χ4v) is 4.65. The van der Waals surface area contributed by atoms with Crippen molar-refractivity contribution in [2.24, 2.45) is 0 Å². The molecule has 0 saturated carbocycles. The van der Waals surface area contributed by atoms with Gasteiger partial charge in [-0.3, -0.25) is 4.90 Å². The third kappa shape index (κ3) is 4.28. The molecule has 0 radical (unpaired) electrons. The highest BCUT2D eigenvalue weighted by Crippen LogP contribution is 2.23. The maximum atomic E-state index is 12.8. The summed E-state index contributed by atoms with van der Waals surface area (Å²) in [5, 5.41) is 3.60. The van der Waals surface area contributed by atoms with Crippen molar-refractivity contribution >= 4 is 10.0 Å². The smallest absolute Gasteiger partial charge is 0.333 e. The van der Waals surface area contributed by atoms with E-state index in [0.717, 1.165) is 17.5 Å². The van der Waals surface area contributed by atoms with Crippen molar-refractivity contribution in [1.82, 2.24) is 19.0 Å². The number of nitrogens with zero attached hydrogens (tertiary/aromatic N) is 4. The van der Waals surface area contributed by atoms with Gasteiger partial charge >= 0.3 is 6.55 Å². The van der Waals surface area contributed by atoms with Gasteiger partial charge < -0.3 is 4.74 Å². The van der Waals surface area contributed by atoms with Gasteiger partial charge in [0.1, 0.15) is 10.6 Å². The molecule has 1 aliphatic rings. The second-order valence-electron chi connectivity index (χ2n) is 6.36. The largest absolute Gasteiger partial charge is 0.497 e. The molecule has 1 aliphatic heterocycles. The van der Waals surface area contributed by atoms with Crippen LogP contribution in [0.3, 0.4) is 0 Å². The zero-order chi connectivity index (χ0) is 19.6. The standard InChI is InChI=1S/C17H22F2N4O3S/c1-13-16(12-23(20-13)17(18)19)27(24,25)22-9-7-21(8-10-22)11-14-3-5-15(26-2)6-4-14/h3-6,12,17H,7-11H2,1-2H3. The highest BCUT2D eigenvalue weighted by molar-refractivity contribution is 7.89. The zero-order valence-corrected chi connectivity index (χ0v) is 16.0. The molecule has 0 N–H and O–H groups in total. The summed E-state index contributed by atoms with van der Waals surface area (Å²) in [7, 11) is -2.22. The minimum absolute atomic E-state index is 0.0796. The molecule has 0 bridgehead atoms. The van der Waals surface area contributed by atoms with E-state index in [1.807, 2.05) is 24.3 Å². The molecule has 2 heterocycles. The van der Waals surface area contributed by atoms with Crippen molar-refractivity contribution < 1.29 is 21.9 Å². The van der Waals surface area contributed by atoms with Crippen LogP contribution in [-0.2, 0) is 16.6 Å². The van der Waals surface area contributed by atoms with E-state index >= 15 is 0 Å². The zero-order valence-electron chi connectivity index (χ0n) is 15.2. The first-order chi connectivity index (χ1) is 12.8. The van der Waals surface area contributed by atoms with Crippen molar-refractivity contribution in [3.05, 3.63) is 41.7 Å². The van der Waals surface area contributed by atoms with E-state index in [0.29, 0.717) is 37.4 Å². The van der Waals surface area contributed by atoms with Gasteiger partial charge in [0.25, 0.3) is 0 Å². The summed E-state index contributed by atoms with van der Waals surface area (Å²) < 4.78 is 57.9. The molecule has 10 heteroatoms. The van der Waals surface area contributed by atoms with Gasteiger partial charge in [0.05, 0.1) is 19.0 Å². The molecule has 1 aromatic heterocycles. The van der Waals surface area contributed by atoms with Crippen LogP contribution in [0.2, 0.25) is 0 Å². The minimum Gasteiger partial charge on any atom is -0.497 e. The average Bonchev–Trinajstić information content (AvgIpc) is 3.06. The molecule has 148 valence electrons. The van der Waals surface area contributed by atoms with E-state index < -0.39 is 16.6 Å². The first-order valence-corrected chi connectivity index (χ1v) is 9.94. The lowest BCUT2D eigenvalue weighted by Gasteiger charge is -2.33. The van der Waals surface area contributed by atoms with Crippen LogP contribution >= 0.6 is 0 Å². The third-order valence-electron chi connectivity index (χ3n) is 4.59. The lowest BCUT2D eigenvalue weighted by molar-refractivity contribution is 0.0561. The Morgan fingerprint density at radius 1 is 1.15 bits per heavy atom. The van der Waals surface area contributed by atoms with Crippen LogP contribution in [0.15, 0.2) is 35.4 Å². The van der Waals surface area contributed by atoms with Crippen LogP contribution in [0, 0.1) is 6.92 Å². The number of ether oxygens (including phenoxy) is 1. The molecule has 3 rings (SSSR count). The topological polar surface area (TPSA) is 67.7 Å². The molecule has 27 heavy (non-hydrogen) atoms. The molecular formula is C17H22F2N4O3S. The van der Waals surface area contributed by atoms with Crippen LogP contribution in [0.25, 0.3) is 0 Å². The first-order valence-electron chi connectivity index (χ1n) is 8.50. The van der Waals surface area contributed by atoms with Crippen molar-refractivity contribution in [3.8, 4) is 5.75 Å². The van der Waals surface area contributed by atoms with Crippen LogP contribution in [0.5, 0.6) is 5.75 Å². The van der Waals surface area contributed by atoms with Gasteiger partial charge in [0, 0.05) is 32.7 Å². The SMILES string of the molecule is COc1ccc(CN2CCN(S(=O)(=O)c3cn(C(F)F)nc3C)CC2)cc1. The Morgan fingerprint density at radius 3 is 2.30 bits per heavy atom. The number of sulfonamides is 1. The van der Waals surface area contributed by atoms with Crippen LogP contribution in [0.4, 0.5) is 8.78 Å². The van der Waals surface area contributed by atoms with Gasteiger partial charge in [-0.25, -0.2) is 13.1 Å². The molecule has 2 aromatic rings. The van der Waals surface area contributed by atoms with Crippen LogP contribution in [0.1, 0.15) is 17.8 Å². The number of methoxy groups -OCH3 is 1. The van der Waals surface area contributed by atoms with E-state index in [4.69, 9.17) is 4.74 Å². The summed E-state index contributed by atoms with van der Waals surface area (Å²) >= 11 is 0. The number of benzene rings is 1. The Labute approximate surface area is 157 Å². The van der Waals surface area contributed by atoms with Crippen molar-refractivity contribution in [1.29, 1.82) is 0 Å². The lowest BCUT2D eigenvalue weighted by Crippen LogP contribution is -2.48. The monoisotopic (exact) mass is 400 g/mol. The van der Waals surface area contributed by atoms with Crippen LogP contribution < -0.4 is 4.74 Å². The Balaban J connectivity index is 1.64. The summed E-state index contributed by atoms with van der Waals surface area (Å²) in [5.41, 5.74) is 1.19. The van der Waals surface area contributed by atoms with Gasteiger partial charge in [-0.15, -0.1) is 0 Å². The minimum atomic E-state index is -3.84. The van der Waals surface area contributed by atoms with Crippen molar-refractivity contribution in [2.45, 2.75) is 24.9 Å². The fraction of sp³-hybridized carbons (Fsp3) is 0.471. The van der Waals surface area contributed by atoms with E-state index in [1.54, 1.807) is 7.11 Å². The molecule has 1 fully saturated rings. The highest BCUT2D eigenvalue weighted by atomic mass is 32.2. The number of rotatable bonds is 6. The molecule has 1 saturated heterocycles. The van der Waals surface area contributed by atoms with Crippen molar-refractivity contribution in [3.63, 3.8) is 0 Å². The van der Waals surface area contributed by atoms with Crippen molar-refractivity contribution in [2.75, 3.05) is 33.3 Å². The summed E-state index contributed by atoms with van der Waals surface area (Å²) in [6.07, 6.45) is 0.902. The Morgan fingerprint density at radius 2 is 1.78 bits per heavy atom. The van der Waals surface area contributed by atoms with E-state index in [9.17, 15) is 17.2 Å². The maximum absolute atomic E-state index is 12.8. The van der Waals surface area contributed by atoms with Gasteiger partial charge in [-0.2, -0.15) is 18.2 Å². The maximum Gasteiger partial charge on any atom is 0.333 e. The first kappa shape index (κ1) is 19.7. The molecule has 1 aromatic carbocycles. The summed E-state index contributed by atoms with van der Waals surface area (Å²) in [5.74, 6) is 0.786. The van der Waals surface area contributed by atoms with Gasteiger partial charge in [0.2, 0.25) is 10.0 Å². The number of aryl methyl sites for hydroxylation is 1. The molecule has 0 unspecified atom stereocenters. The highest BCUT2D eigenvalue weighted by Gasteiger charge is 2.31. The number of aromatic nitrogens is 2. The predicted octanol–water partition coefficient (Wildman–Crippen LogP) is 2.10. The molecular weight excluding hydrogens is 378 g/mol. The van der Waals surface area contributed by atoms with E-state index in [1.165, 1.54) is 11.2 Å². The fourth-order valence-electron chi connectivity index (χ4n) is 3.07. The molecule has 7 nitrogen and oxygen atoms in total. The number of hydrogen-bond donors (Lipinski definition) is 0. The van der Waals surface area contributed by atoms with Crippen LogP contribution in [-0.4, -0.2) is 60.7 Å². The predicted molar refractivity (Wildman–Crippen MR) is 95.2 cm³/mol. The molecule has 0 aliphatic carbocycles. The van der Waals surface area contributed by atoms with Gasteiger partial charge in [-0.1, -0.05) is 12.1 Å². The number of piperazine rings is 1. The Hall–Kier alpha value is -2.04. The normalized spacial score (nSPS) is 16.8. The van der Waals surface area contributed by atoms with Gasteiger partial charge in [0.15, 0.2) is 0 Å². The number of hydrogen-bond acceptors (Lipinski definition) is 5. The quantitative estimate of drug-likeness (QED) is 0.743. The number of alkyl halides is 2. The average molecular weight is 400 g/mol.